The van der Waals surface area contributed by atoms with Crippen molar-refractivity contribution in [3.05, 3.63) is 54.6 Å². The molecule has 0 saturated carbocycles. The molecule has 1 heterocycles. The quantitative estimate of drug-likeness (QED) is 0.910. The van der Waals surface area contributed by atoms with E-state index in [2.05, 4.69) is 39.4 Å². The molecule has 0 aromatic heterocycles. The van der Waals surface area contributed by atoms with E-state index in [9.17, 15) is 4.79 Å². The number of hydrogen-bond acceptors (Lipinski definition) is 4. The third kappa shape index (κ3) is 4.12. The van der Waals surface area contributed by atoms with E-state index in [-0.39, 0.29) is 11.9 Å². The van der Waals surface area contributed by atoms with Crippen LogP contribution in [-0.4, -0.2) is 50.1 Å². The van der Waals surface area contributed by atoms with Crippen LogP contribution in [0.15, 0.2) is 54.6 Å². The number of benzene rings is 2. The Labute approximate surface area is 149 Å². The predicted molar refractivity (Wildman–Crippen MR) is 101 cm³/mol. The SMILES string of the molecule is COc1ccccc1NC(=O)[C@H](C)N1CCN(c2ccccc2)CC1. The summed E-state index contributed by atoms with van der Waals surface area (Å²) < 4.78 is 5.30. The minimum atomic E-state index is -0.178. The van der Waals surface area contributed by atoms with Gasteiger partial charge in [-0.3, -0.25) is 9.69 Å². The lowest BCUT2D eigenvalue weighted by molar-refractivity contribution is -0.120. The van der Waals surface area contributed by atoms with Crippen LogP contribution in [0.25, 0.3) is 0 Å². The Balaban J connectivity index is 1.57. The normalized spacial score (nSPS) is 16.3. The molecule has 1 saturated heterocycles. The van der Waals surface area contributed by atoms with Gasteiger partial charge in [0.25, 0.3) is 0 Å². The van der Waals surface area contributed by atoms with Gasteiger partial charge >= 0.3 is 0 Å². The summed E-state index contributed by atoms with van der Waals surface area (Å²) in [6, 6.07) is 17.7. The lowest BCUT2D eigenvalue weighted by Gasteiger charge is -2.38. The Kier molecular flexibility index (Phi) is 5.56. The fourth-order valence-corrected chi connectivity index (χ4v) is 3.16. The second kappa shape index (κ2) is 8.03. The van der Waals surface area contributed by atoms with Crippen molar-refractivity contribution in [1.82, 2.24) is 4.90 Å². The van der Waals surface area contributed by atoms with Crippen LogP contribution in [0, 0.1) is 0 Å². The molecule has 25 heavy (non-hydrogen) atoms. The van der Waals surface area contributed by atoms with Crippen molar-refractivity contribution in [2.45, 2.75) is 13.0 Å². The number of methoxy groups -OCH3 is 1. The zero-order chi connectivity index (χ0) is 17.6. The standard InChI is InChI=1S/C20H25N3O2/c1-16(20(24)21-18-10-6-7-11-19(18)25-2)22-12-14-23(15-13-22)17-8-4-3-5-9-17/h3-11,16H,12-15H2,1-2H3,(H,21,24)/t16-/m0/s1. The van der Waals surface area contributed by atoms with Crippen LogP contribution in [0.3, 0.4) is 0 Å². The van der Waals surface area contributed by atoms with Crippen LogP contribution in [0.2, 0.25) is 0 Å². The Morgan fingerprint density at radius 2 is 1.64 bits per heavy atom. The second-order valence-electron chi connectivity index (χ2n) is 6.22. The second-order valence-corrected chi connectivity index (χ2v) is 6.22. The molecular formula is C20H25N3O2. The predicted octanol–water partition coefficient (Wildman–Crippen LogP) is 2.84. The lowest BCUT2D eigenvalue weighted by atomic mass is 10.2. The molecule has 0 unspecified atom stereocenters. The summed E-state index contributed by atoms with van der Waals surface area (Å²) in [5, 5.41) is 2.98. The zero-order valence-electron chi connectivity index (χ0n) is 14.8. The van der Waals surface area contributed by atoms with Crippen molar-refractivity contribution in [1.29, 1.82) is 0 Å². The van der Waals surface area contributed by atoms with Gasteiger partial charge in [-0.15, -0.1) is 0 Å². The van der Waals surface area contributed by atoms with Gasteiger partial charge in [0.2, 0.25) is 5.91 Å². The number of anilines is 2. The van der Waals surface area contributed by atoms with Crippen molar-refractivity contribution in [3.63, 3.8) is 0 Å². The van der Waals surface area contributed by atoms with Crippen LogP contribution >= 0.6 is 0 Å². The van der Waals surface area contributed by atoms with Gasteiger partial charge in [-0.05, 0) is 31.2 Å². The van der Waals surface area contributed by atoms with E-state index in [0.717, 1.165) is 26.2 Å². The summed E-state index contributed by atoms with van der Waals surface area (Å²) in [4.78, 5) is 17.2. The first-order chi connectivity index (χ1) is 12.2. The first kappa shape index (κ1) is 17.3. The van der Waals surface area contributed by atoms with Crippen LogP contribution in [0.5, 0.6) is 5.75 Å². The van der Waals surface area contributed by atoms with Crippen molar-refractivity contribution in [3.8, 4) is 5.75 Å². The monoisotopic (exact) mass is 339 g/mol. The zero-order valence-corrected chi connectivity index (χ0v) is 14.8. The largest absolute Gasteiger partial charge is 0.495 e. The molecule has 5 nitrogen and oxygen atoms in total. The minimum absolute atomic E-state index is 0.00217. The van der Waals surface area contributed by atoms with Gasteiger partial charge in [0, 0.05) is 31.9 Å². The molecule has 2 aromatic carbocycles. The molecule has 3 rings (SSSR count). The third-order valence-corrected chi connectivity index (χ3v) is 4.73. The number of ether oxygens (including phenoxy) is 1. The molecular weight excluding hydrogens is 314 g/mol. The Morgan fingerprint density at radius 1 is 1.00 bits per heavy atom. The van der Waals surface area contributed by atoms with Crippen LogP contribution in [0.4, 0.5) is 11.4 Å². The average molecular weight is 339 g/mol. The topological polar surface area (TPSA) is 44.8 Å². The molecule has 1 N–H and O–H groups in total. The smallest absolute Gasteiger partial charge is 0.241 e. The van der Waals surface area contributed by atoms with Crippen molar-refractivity contribution in [2.24, 2.45) is 0 Å². The number of nitrogens with zero attached hydrogens (tertiary/aromatic N) is 2. The summed E-state index contributed by atoms with van der Waals surface area (Å²) in [6.45, 7) is 5.56. The Bertz CT molecular complexity index is 697. The number of rotatable bonds is 5. The highest BCUT2D eigenvalue weighted by atomic mass is 16.5. The van der Waals surface area contributed by atoms with Gasteiger partial charge in [0.15, 0.2) is 0 Å². The summed E-state index contributed by atoms with van der Waals surface area (Å²) in [7, 11) is 1.61. The molecule has 0 spiro atoms. The van der Waals surface area contributed by atoms with Gasteiger partial charge in [0.05, 0.1) is 18.8 Å². The first-order valence-electron chi connectivity index (χ1n) is 8.67. The first-order valence-corrected chi connectivity index (χ1v) is 8.67. The van der Waals surface area contributed by atoms with E-state index in [0.29, 0.717) is 11.4 Å². The molecule has 2 aromatic rings. The van der Waals surface area contributed by atoms with Crippen LogP contribution < -0.4 is 15.0 Å². The maximum atomic E-state index is 12.6. The van der Waals surface area contributed by atoms with Gasteiger partial charge < -0.3 is 15.0 Å². The van der Waals surface area contributed by atoms with E-state index >= 15 is 0 Å². The van der Waals surface area contributed by atoms with Crippen molar-refractivity contribution < 1.29 is 9.53 Å². The molecule has 1 aliphatic heterocycles. The summed E-state index contributed by atoms with van der Waals surface area (Å²) in [5.41, 5.74) is 1.96. The number of hydrogen-bond donors (Lipinski definition) is 1. The number of carbonyl (C=O) groups is 1. The highest BCUT2D eigenvalue weighted by Crippen LogP contribution is 2.24. The number of piperazine rings is 1. The fourth-order valence-electron chi connectivity index (χ4n) is 3.16. The molecule has 1 aliphatic rings. The minimum Gasteiger partial charge on any atom is -0.495 e. The number of amides is 1. The van der Waals surface area contributed by atoms with E-state index in [1.165, 1.54) is 5.69 Å². The van der Waals surface area contributed by atoms with Gasteiger partial charge in [0.1, 0.15) is 5.75 Å². The molecule has 1 amide bonds. The average Bonchev–Trinajstić information content (AvgIpc) is 2.68. The van der Waals surface area contributed by atoms with Gasteiger partial charge in [-0.2, -0.15) is 0 Å². The van der Waals surface area contributed by atoms with Crippen LogP contribution in [-0.2, 0) is 4.79 Å². The maximum Gasteiger partial charge on any atom is 0.241 e. The Hall–Kier alpha value is -2.53. The van der Waals surface area contributed by atoms with Crippen LogP contribution in [0.1, 0.15) is 6.92 Å². The lowest BCUT2D eigenvalue weighted by Crippen LogP contribution is -2.52. The third-order valence-electron chi connectivity index (χ3n) is 4.73. The van der Waals surface area contributed by atoms with E-state index in [4.69, 9.17) is 4.74 Å². The molecule has 132 valence electrons. The molecule has 0 radical (unpaired) electrons. The van der Waals surface area contributed by atoms with E-state index in [1.54, 1.807) is 7.11 Å². The molecule has 0 bridgehead atoms. The van der Waals surface area contributed by atoms with Gasteiger partial charge in [-0.25, -0.2) is 0 Å². The van der Waals surface area contributed by atoms with E-state index in [1.807, 2.05) is 37.3 Å². The summed E-state index contributed by atoms with van der Waals surface area (Å²) in [5.74, 6) is 0.676. The number of para-hydroxylation sites is 3. The number of carbonyl (C=O) groups excluding carboxylic acids is 1. The number of nitrogens with one attached hydrogen (secondary N) is 1. The highest BCUT2D eigenvalue weighted by Gasteiger charge is 2.26. The van der Waals surface area contributed by atoms with Crippen molar-refractivity contribution in [2.75, 3.05) is 43.5 Å². The maximum absolute atomic E-state index is 12.6. The van der Waals surface area contributed by atoms with Gasteiger partial charge in [-0.1, -0.05) is 30.3 Å². The Morgan fingerprint density at radius 3 is 2.32 bits per heavy atom. The molecule has 5 heteroatoms. The molecule has 0 aliphatic carbocycles. The molecule has 1 fully saturated rings. The fraction of sp³-hybridized carbons (Fsp3) is 0.350. The summed E-state index contributed by atoms with van der Waals surface area (Å²) in [6.07, 6.45) is 0. The summed E-state index contributed by atoms with van der Waals surface area (Å²) >= 11 is 0. The van der Waals surface area contributed by atoms with Crippen molar-refractivity contribution >= 4 is 17.3 Å². The van der Waals surface area contributed by atoms with E-state index < -0.39 is 0 Å². The molecule has 1 atom stereocenters. The highest BCUT2D eigenvalue weighted by molar-refractivity contribution is 5.95.